The Morgan fingerprint density at radius 2 is 2.00 bits per heavy atom. The van der Waals surface area contributed by atoms with E-state index < -0.39 is 0 Å². The van der Waals surface area contributed by atoms with Crippen LogP contribution in [0.1, 0.15) is 51.2 Å². The van der Waals surface area contributed by atoms with Crippen molar-refractivity contribution in [1.29, 1.82) is 0 Å². The molecule has 0 bridgehead atoms. The largest absolute Gasteiger partial charge is 0.352 e. The van der Waals surface area contributed by atoms with E-state index in [2.05, 4.69) is 27.5 Å². The van der Waals surface area contributed by atoms with Crippen molar-refractivity contribution >= 4 is 17.3 Å². The number of Topliss-reactive ketones (excluding diaryl/α,β-unsaturated/α-hetero) is 1. The van der Waals surface area contributed by atoms with Gasteiger partial charge in [0, 0.05) is 19.2 Å². The lowest BCUT2D eigenvalue weighted by molar-refractivity contribution is 0.0952. The van der Waals surface area contributed by atoms with Gasteiger partial charge in [-0.3, -0.25) is 9.59 Å². The molecule has 1 aliphatic carbocycles. The smallest absolute Gasteiger partial charge is 0.256 e. The molecule has 3 aromatic rings. The lowest BCUT2D eigenvalue weighted by atomic mass is 9.96. The number of amides is 1. The summed E-state index contributed by atoms with van der Waals surface area (Å²) in [6.07, 6.45) is 7.05. The van der Waals surface area contributed by atoms with Gasteiger partial charge in [-0.2, -0.15) is 5.10 Å². The van der Waals surface area contributed by atoms with Crippen molar-refractivity contribution in [2.75, 3.05) is 6.54 Å². The first-order valence-corrected chi connectivity index (χ1v) is 8.95. The zero-order chi connectivity index (χ0) is 17.9. The van der Waals surface area contributed by atoms with E-state index >= 15 is 0 Å². The normalized spacial score (nSPS) is 13.6. The molecular formula is C20H20N4O2. The van der Waals surface area contributed by atoms with Crippen molar-refractivity contribution in [1.82, 2.24) is 19.9 Å². The first-order chi connectivity index (χ1) is 12.7. The highest BCUT2D eigenvalue weighted by atomic mass is 16.1. The van der Waals surface area contributed by atoms with Crippen LogP contribution in [0.25, 0.3) is 5.65 Å². The predicted octanol–water partition coefficient (Wildman–Crippen LogP) is 2.61. The second-order valence-electron chi connectivity index (χ2n) is 6.53. The number of carbonyl (C=O) groups excluding carboxylic acids is 2. The van der Waals surface area contributed by atoms with Gasteiger partial charge in [0.1, 0.15) is 5.56 Å². The highest BCUT2D eigenvalue weighted by molar-refractivity contribution is 6.01. The average molecular weight is 348 g/mol. The minimum absolute atomic E-state index is 0.100. The van der Waals surface area contributed by atoms with Crippen molar-refractivity contribution in [3.05, 3.63) is 65.1 Å². The van der Waals surface area contributed by atoms with E-state index in [1.54, 1.807) is 10.7 Å². The summed E-state index contributed by atoms with van der Waals surface area (Å²) in [5, 5.41) is 7.24. The van der Waals surface area contributed by atoms with Gasteiger partial charge < -0.3 is 5.32 Å². The monoisotopic (exact) mass is 348 g/mol. The Morgan fingerprint density at radius 3 is 2.85 bits per heavy atom. The van der Waals surface area contributed by atoms with Crippen LogP contribution in [-0.4, -0.2) is 32.8 Å². The molecular weight excluding hydrogens is 328 g/mol. The Bertz CT molecular complexity index is 963. The maximum atomic E-state index is 12.5. The lowest BCUT2D eigenvalue weighted by Crippen LogP contribution is -2.25. The third-order valence-corrected chi connectivity index (χ3v) is 4.76. The number of carbonyl (C=O) groups is 2. The van der Waals surface area contributed by atoms with Gasteiger partial charge in [0.25, 0.3) is 5.91 Å². The molecule has 6 nitrogen and oxygen atoms in total. The second kappa shape index (κ2) is 7.07. The van der Waals surface area contributed by atoms with Gasteiger partial charge in [-0.15, -0.1) is 0 Å². The summed E-state index contributed by atoms with van der Waals surface area (Å²) in [4.78, 5) is 28.8. The van der Waals surface area contributed by atoms with Crippen LogP contribution >= 0.6 is 0 Å². The number of fused-ring (bicyclic) bond motifs is 3. The maximum absolute atomic E-state index is 12.5. The lowest BCUT2D eigenvalue weighted by Gasteiger charge is -2.14. The minimum Gasteiger partial charge on any atom is -0.352 e. The van der Waals surface area contributed by atoms with E-state index in [9.17, 15) is 9.59 Å². The van der Waals surface area contributed by atoms with Gasteiger partial charge in [0.15, 0.2) is 11.4 Å². The maximum Gasteiger partial charge on any atom is 0.256 e. The van der Waals surface area contributed by atoms with Crippen LogP contribution in [0.5, 0.6) is 0 Å². The Labute approximate surface area is 151 Å². The van der Waals surface area contributed by atoms with Gasteiger partial charge in [-0.1, -0.05) is 30.3 Å². The number of aryl methyl sites for hydroxylation is 2. The summed E-state index contributed by atoms with van der Waals surface area (Å²) >= 11 is 0. The Hall–Kier alpha value is -3.02. The molecule has 6 heteroatoms. The molecule has 1 amide bonds. The molecule has 0 aliphatic heterocycles. The molecule has 0 atom stereocenters. The number of hydrogen-bond donors (Lipinski definition) is 1. The van der Waals surface area contributed by atoms with Crippen LogP contribution in [0.4, 0.5) is 0 Å². The van der Waals surface area contributed by atoms with Crippen LogP contribution in [0.15, 0.2) is 42.7 Å². The molecule has 2 aromatic heterocycles. The van der Waals surface area contributed by atoms with Crippen molar-refractivity contribution in [3.63, 3.8) is 0 Å². The molecule has 132 valence electrons. The molecule has 0 saturated carbocycles. The van der Waals surface area contributed by atoms with E-state index in [1.807, 2.05) is 18.2 Å². The molecule has 0 radical (unpaired) electrons. The number of hydrogen-bond acceptors (Lipinski definition) is 4. The highest BCUT2D eigenvalue weighted by Gasteiger charge is 2.23. The zero-order valence-corrected chi connectivity index (χ0v) is 14.4. The van der Waals surface area contributed by atoms with Gasteiger partial charge in [-0.25, -0.2) is 9.50 Å². The molecule has 0 fully saturated rings. The molecule has 0 unspecified atom stereocenters. The van der Waals surface area contributed by atoms with Crippen LogP contribution in [-0.2, 0) is 12.8 Å². The molecule has 0 spiro atoms. The molecule has 4 rings (SSSR count). The quantitative estimate of drug-likeness (QED) is 0.719. The Kier molecular flexibility index (Phi) is 4.48. The fraction of sp³-hybridized carbons (Fsp3) is 0.300. The van der Waals surface area contributed by atoms with Crippen molar-refractivity contribution in [3.8, 4) is 0 Å². The Morgan fingerprint density at radius 1 is 1.15 bits per heavy atom. The van der Waals surface area contributed by atoms with E-state index in [0.29, 0.717) is 29.7 Å². The van der Waals surface area contributed by atoms with Gasteiger partial charge in [0.2, 0.25) is 0 Å². The topological polar surface area (TPSA) is 76.4 Å². The van der Waals surface area contributed by atoms with Gasteiger partial charge >= 0.3 is 0 Å². The predicted molar refractivity (Wildman–Crippen MR) is 97.4 cm³/mol. The van der Waals surface area contributed by atoms with E-state index in [1.165, 1.54) is 11.8 Å². The van der Waals surface area contributed by atoms with Gasteiger partial charge in [-0.05, 0) is 31.2 Å². The average Bonchev–Trinajstić information content (AvgIpc) is 3.11. The highest BCUT2D eigenvalue weighted by Crippen LogP contribution is 2.22. The molecule has 1 aromatic carbocycles. The molecule has 26 heavy (non-hydrogen) atoms. The molecule has 0 saturated heterocycles. The standard InChI is InChI=1S/C20H20N4O2/c25-18-10-4-9-17-15(18)12-22-19-16(13-23-24(17)19)20(26)21-11-5-8-14-6-2-1-3-7-14/h1-3,6-7,12-13H,4-5,8-11H2,(H,21,26). The van der Waals surface area contributed by atoms with Crippen LogP contribution in [0.2, 0.25) is 0 Å². The SMILES string of the molecule is O=C1CCCc2c1cnc1c(C(=O)NCCCc3ccccc3)cnn21. The first-order valence-electron chi connectivity index (χ1n) is 8.95. The fourth-order valence-electron chi connectivity index (χ4n) is 3.40. The summed E-state index contributed by atoms with van der Waals surface area (Å²) in [7, 11) is 0. The van der Waals surface area contributed by atoms with Crippen LogP contribution in [0, 0.1) is 0 Å². The van der Waals surface area contributed by atoms with E-state index in [4.69, 9.17) is 0 Å². The summed E-state index contributed by atoms with van der Waals surface area (Å²) in [5.74, 6) is -0.0780. The number of nitrogens with one attached hydrogen (secondary N) is 1. The van der Waals surface area contributed by atoms with E-state index in [-0.39, 0.29) is 11.7 Å². The second-order valence-corrected chi connectivity index (χ2v) is 6.53. The number of rotatable bonds is 5. The summed E-state index contributed by atoms with van der Waals surface area (Å²) < 4.78 is 1.64. The van der Waals surface area contributed by atoms with Crippen molar-refractivity contribution in [2.45, 2.75) is 32.1 Å². The third kappa shape index (κ3) is 3.10. The fourth-order valence-corrected chi connectivity index (χ4v) is 3.40. The minimum atomic E-state index is -0.178. The number of nitrogens with zero attached hydrogens (tertiary/aromatic N) is 3. The number of ketones is 1. The van der Waals surface area contributed by atoms with Crippen molar-refractivity contribution < 1.29 is 9.59 Å². The third-order valence-electron chi connectivity index (χ3n) is 4.76. The van der Waals surface area contributed by atoms with Crippen LogP contribution in [0.3, 0.4) is 0 Å². The summed E-state index contributed by atoms with van der Waals surface area (Å²) in [6.45, 7) is 0.592. The molecule has 2 heterocycles. The first kappa shape index (κ1) is 16.4. The Balaban J connectivity index is 1.45. The van der Waals surface area contributed by atoms with E-state index in [0.717, 1.165) is 31.4 Å². The number of benzene rings is 1. The molecule has 1 aliphatic rings. The summed E-state index contributed by atoms with van der Waals surface area (Å²) in [5.41, 5.74) is 3.70. The zero-order valence-electron chi connectivity index (χ0n) is 14.4. The van der Waals surface area contributed by atoms with Gasteiger partial charge in [0.05, 0.1) is 17.5 Å². The van der Waals surface area contributed by atoms with Crippen molar-refractivity contribution in [2.24, 2.45) is 0 Å². The molecule has 1 N–H and O–H groups in total. The van der Waals surface area contributed by atoms with Crippen LogP contribution < -0.4 is 5.32 Å². The summed E-state index contributed by atoms with van der Waals surface area (Å²) in [6, 6.07) is 10.2. The number of aromatic nitrogens is 3.